The second kappa shape index (κ2) is 8.56. The van der Waals surface area contributed by atoms with Crippen LogP contribution in [0.1, 0.15) is 16.7 Å². The van der Waals surface area contributed by atoms with Crippen molar-refractivity contribution in [1.82, 2.24) is 0 Å². The molecule has 1 nitrogen and oxygen atoms in total. The quantitative estimate of drug-likeness (QED) is 0.585. The first-order valence-corrected chi connectivity index (χ1v) is 5.41. The van der Waals surface area contributed by atoms with Gasteiger partial charge >= 0.3 is 23.1 Å². The molecular weight excluding hydrogens is 300 g/mol. The van der Waals surface area contributed by atoms with E-state index in [1.54, 1.807) is 0 Å². The molecule has 0 amide bonds. The fraction of sp³-hybridized carbons (Fsp3) is 0.200. The largest absolute Gasteiger partial charge is 2.00 e. The Morgan fingerprint density at radius 2 is 1.72 bits per heavy atom. The molecule has 2 aromatic rings. The molecule has 0 radical (unpaired) electrons. The predicted octanol–water partition coefficient (Wildman–Crippen LogP) is 0.306. The van der Waals surface area contributed by atoms with Gasteiger partial charge in [0.05, 0.1) is 6.61 Å². The van der Waals surface area contributed by atoms with Crippen LogP contribution >= 0.6 is 0 Å². The van der Waals surface area contributed by atoms with E-state index in [9.17, 15) is 0 Å². The van der Waals surface area contributed by atoms with Crippen LogP contribution in [0.2, 0.25) is 0 Å². The van der Waals surface area contributed by atoms with E-state index in [1.165, 1.54) is 16.7 Å². The van der Waals surface area contributed by atoms with Gasteiger partial charge < -0.3 is 21.7 Å². The second-order valence-corrected chi connectivity index (χ2v) is 3.97. The van der Waals surface area contributed by atoms with E-state index >= 15 is 0 Å². The molecule has 0 saturated carbocycles. The fourth-order valence-corrected chi connectivity index (χ4v) is 1.64. The number of hydrogen-bond acceptors (Lipinski definition) is 1. The van der Waals surface area contributed by atoms with E-state index in [0.29, 0.717) is 6.61 Å². The van der Waals surface area contributed by atoms with Crippen LogP contribution in [-0.4, -0.2) is 23.1 Å². The van der Waals surface area contributed by atoms with Crippen molar-refractivity contribution in [3.05, 3.63) is 65.2 Å². The van der Waals surface area contributed by atoms with Crippen molar-refractivity contribution < 1.29 is 21.7 Å². The smallest absolute Gasteiger partial charge is 1.00 e. The summed E-state index contributed by atoms with van der Waals surface area (Å²) in [4.78, 5) is 0. The van der Waals surface area contributed by atoms with Crippen LogP contribution in [0, 0.1) is 19.9 Å². The first-order chi connectivity index (χ1) is 7.75. The SMILES string of the molecule is Cc1ccc(OCc2cc[c-]cc2)c(C)c1.[Br-].[Mg+2]. The van der Waals surface area contributed by atoms with Crippen molar-refractivity contribution in [3.63, 3.8) is 0 Å². The van der Waals surface area contributed by atoms with Crippen molar-refractivity contribution in [2.45, 2.75) is 20.5 Å². The van der Waals surface area contributed by atoms with Gasteiger partial charge in [0.1, 0.15) is 5.75 Å². The summed E-state index contributed by atoms with van der Waals surface area (Å²) in [7, 11) is 0. The molecule has 18 heavy (non-hydrogen) atoms. The summed E-state index contributed by atoms with van der Waals surface area (Å²) < 4.78 is 5.76. The molecule has 2 aromatic carbocycles. The Labute approximate surface area is 135 Å². The van der Waals surface area contributed by atoms with Gasteiger partial charge in [-0.2, -0.15) is 30.3 Å². The van der Waals surface area contributed by atoms with E-state index in [2.05, 4.69) is 32.0 Å². The van der Waals surface area contributed by atoms with Gasteiger partial charge in [-0.3, -0.25) is 0 Å². The van der Waals surface area contributed by atoms with E-state index in [4.69, 9.17) is 4.74 Å². The van der Waals surface area contributed by atoms with Crippen LogP contribution in [0.25, 0.3) is 0 Å². The third-order valence-electron chi connectivity index (χ3n) is 2.51. The Morgan fingerprint density at radius 3 is 2.33 bits per heavy atom. The van der Waals surface area contributed by atoms with E-state index in [1.807, 2.05) is 30.3 Å². The minimum Gasteiger partial charge on any atom is -1.00 e. The molecule has 90 valence electrons. The average molecular weight is 315 g/mol. The molecule has 0 spiro atoms. The maximum Gasteiger partial charge on any atom is 2.00 e. The molecule has 2 rings (SSSR count). The Bertz CT molecular complexity index is 471. The van der Waals surface area contributed by atoms with Gasteiger partial charge in [0.2, 0.25) is 0 Å². The van der Waals surface area contributed by atoms with Crippen LogP contribution in [0.4, 0.5) is 0 Å². The number of ether oxygens (including phenoxy) is 1. The molecule has 0 atom stereocenters. The zero-order chi connectivity index (χ0) is 11.4. The van der Waals surface area contributed by atoms with Crippen LogP contribution in [-0.2, 0) is 6.61 Å². The summed E-state index contributed by atoms with van der Waals surface area (Å²) >= 11 is 0. The molecule has 0 unspecified atom stereocenters. The van der Waals surface area contributed by atoms with E-state index < -0.39 is 0 Å². The molecular formula is C15H15BrMgO. The van der Waals surface area contributed by atoms with Gasteiger partial charge in [0.25, 0.3) is 0 Å². The maximum atomic E-state index is 5.76. The third kappa shape index (κ3) is 5.00. The Hall–Kier alpha value is -0.514. The van der Waals surface area contributed by atoms with Gasteiger partial charge in [-0.25, -0.2) is 0 Å². The monoisotopic (exact) mass is 314 g/mol. The minimum absolute atomic E-state index is 0. The summed E-state index contributed by atoms with van der Waals surface area (Å²) in [6.07, 6.45) is 0. The molecule has 0 N–H and O–H groups in total. The van der Waals surface area contributed by atoms with Crippen LogP contribution in [0.3, 0.4) is 0 Å². The first-order valence-electron chi connectivity index (χ1n) is 5.41. The summed E-state index contributed by atoms with van der Waals surface area (Å²) in [5.41, 5.74) is 3.61. The molecule has 0 aliphatic rings. The second-order valence-electron chi connectivity index (χ2n) is 3.97. The molecule has 0 aliphatic carbocycles. The summed E-state index contributed by atoms with van der Waals surface area (Å²) in [6, 6.07) is 17.1. The van der Waals surface area contributed by atoms with Gasteiger partial charge in [-0.1, -0.05) is 17.7 Å². The fourth-order valence-electron chi connectivity index (χ4n) is 1.64. The van der Waals surface area contributed by atoms with Crippen molar-refractivity contribution in [2.24, 2.45) is 0 Å². The maximum absolute atomic E-state index is 5.76. The molecule has 0 heterocycles. The van der Waals surface area contributed by atoms with Crippen LogP contribution in [0.15, 0.2) is 42.5 Å². The van der Waals surface area contributed by atoms with Gasteiger partial charge in [0, 0.05) is 0 Å². The molecule has 0 bridgehead atoms. The summed E-state index contributed by atoms with van der Waals surface area (Å²) in [5.74, 6) is 0.957. The molecule has 0 fully saturated rings. The molecule has 0 aliphatic heterocycles. The van der Waals surface area contributed by atoms with Gasteiger partial charge in [-0.05, 0) is 25.5 Å². The number of benzene rings is 2. The third-order valence-corrected chi connectivity index (χ3v) is 2.51. The van der Waals surface area contributed by atoms with Crippen molar-refractivity contribution in [2.75, 3.05) is 0 Å². The first kappa shape index (κ1) is 17.5. The molecule has 0 saturated heterocycles. The zero-order valence-electron chi connectivity index (χ0n) is 10.7. The molecule has 3 heteroatoms. The Kier molecular flexibility index (Phi) is 8.32. The van der Waals surface area contributed by atoms with Crippen LogP contribution in [0.5, 0.6) is 5.75 Å². The molecule has 0 aromatic heterocycles. The predicted molar refractivity (Wildman–Crippen MR) is 71.3 cm³/mol. The average Bonchev–Trinajstić information content (AvgIpc) is 2.29. The summed E-state index contributed by atoms with van der Waals surface area (Å²) in [6.45, 7) is 4.77. The zero-order valence-corrected chi connectivity index (χ0v) is 13.7. The normalized spacial score (nSPS) is 9.00. The van der Waals surface area contributed by atoms with Gasteiger partial charge in [-0.15, -0.1) is 5.56 Å². The number of halogens is 1. The standard InChI is InChI=1S/C15H15O.BrH.Mg/c1-12-8-9-15(13(2)10-12)16-11-14-6-4-3-5-7-14;;/h4-10H,11H2,1-2H3;1H;/q-1;;+2/p-1. The topological polar surface area (TPSA) is 9.23 Å². The minimum atomic E-state index is 0. The summed E-state index contributed by atoms with van der Waals surface area (Å²) in [5, 5.41) is 0. The van der Waals surface area contributed by atoms with E-state index in [0.717, 1.165) is 5.75 Å². The van der Waals surface area contributed by atoms with E-state index in [-0.39, 0.29) is 40.0 Å². The number of hydrogen-bond donors (Lipinski definition) is 0. The van der Waals surface area contributed by atoms with Gasteiger partial charge in [0.15, 0.2) is 0 Å². The van der Waals surface area contributed by atoms with Crippen molar-refractivity contribution >= 4 is 23.1 Å². The Balaban J connectivity index is 0.00000144. The van der Waals surface area contributed by atoms with Crippen molar-refractivity contribution in [1.29, 1.82) is 0 Å². The number of rotatable bonds is 3. The van der Waals surface area contributed by atoms with Crippen molar-refractivity contribution in [3.8, 4) is 5.75 Å². The number of aryl methyl sites for hydroxylation is 2. The van der Waals surface area contributed by atoms with Crippen LogP contribution < -0.4 is 21.7 Å². The Morgan fingerprint density at radius 1 is 1.06 bits per heavy atom.